The van der Waals surface area contributed by atoms with Gasteiger partial charge < -0.3 is 18.9 Å². The van der Waals surface area contributed by atoms with Crippen LogP contribution in [0.3, 0.4) is 0 Å². The highest BCUT2D eigenvalue weighted by atomic mass is 19.1. The van der Waals surface area contributed by atoms with Gasteiger partial charge in [0.15, 0.2) is 12.4 Å². The van der Waals surface area contributed by atoms with Crippen molar-refractivity contribution < 1.29 is 23.2 Å². The molecular formula is C21H26FN3O4. The third-order valence-electron chi connectivity index (χ3n) is 5.73. The van der Waals surface area contributed by atoms with Crippen molar-refractivity contribution in [2.24, 2.45) is 0 Å². The quantitative estimate of drug-likeness (QED) is 0.674. The Hall–Kier alpha value is -2.48. The summed E-state index contributed by atoms with van der Waals surface area (Å²) in [6.07, 6.45) is 4.63. The average molecular weight is 403 g/mol. The molecule has 1 aliphatic heterocycles. The number of likely N-dealkylation sites (tertiary alicyclic amines) is 1. The molecule has 1 saturated heterocycles. The first-order valence-electron chi connectivity index (χ1n) is 10.1. The number of nitrogens with zero attached hydrogens (tertiary/aromatic N) is 3. The van der Waals surface area contributed by atoms with Crippen molar-refractivity contribution in [1.29, 1.82) is 0 Å². The normalized spacial score (nSPS) is 21.9. The highest BCUT2D eigenvalue weighted by Gasteiger charge is 2.43. The van der Waals surface area contributed by atoms with Crippen molar-refractivity contribution in [2.45, 2.75) is 43.4 Å². The van der Waals surface area contributed by atoms with E-state index in [4.69, 9.17) is 14.0 Å². The molecule has 0 N–H and O–H groups in total. The van der Waals surface area contributed by atoms with Crippen LogP contribution >= 0.6 is 0 Å². The van der Waals surface area contributed by atoms with E-state index in [1.165, 1.54) is 24.3 Å². The lowest BCUT2D eigenvalue weighted by molar-refractivity contribution is -0.136. The molecule has 0 bridgehead atoms. The van der Waals surface area contributed by atoms with Gasteiger partial charge in [0.25, 0.3) is 5.91 Å². The maximum Gasteiger partial charge on any atom is 0.260 e. The van der Waals surface area contributed by atoms with Gasteiger partial charge in [0.2, 0.25) is 5.89 Å². The van der Waals surface area contributed by atoms with E-state index in [9.17, 15) is 9.18 Å². The van der Waals surface area contributed by atoms with Crippen molar-refractivity contribution in [3.63, 3.8) is 0 Å². The van der Waals surface area contributed by atoms with Crippen LogP contribution in [0.15, 0.2) is 28.8 Å². The third kappa shape index (κ3) is 4.58. The molecule has 8 heteroatoms. The zero-order valence-corrected chi connectivity index (χ0v) is 16.6. The summed E-state index contributed by atoms with van der Waals surface area (Å²) >= 11 is 0. The molecule has 1 aromatic carbocycles. The van der Waals surface area contributed by atoms with Gasteiger partial charge in [-0.1, -0.05) is 5.16 Å². The zero-order chi connectivity index (χ0) is 20.3. The number of rotatable bonds is 8. The smallest absolute Gasteiger partial charge is 0.260 e. The summed E-state index contributed by atoms with van der Waals surface area (Å²) in [6.45, 7) is 1.63. The first-order valence-corrected chi connectivity index (χ1v) is 10.1. The average Bonchev–Trinajstić information content (AvgIpc) is 3.48. The Morgan fingerprint density at radius 2 is 2.14 bits per heavy atom. The highest BCUT2D eigenvalue weighted by Crippen LogP contribution is 2.41. The van der Waals surface area contributed by atoms with Gasteiger partial charge in [-0.3, -0.25) is 4.79 Å². The fraction of sp³-hybridized carbons (Fsp3) is 0.571. The van der Waals surface area contributed by atoms with Gasteiger partial charge in [-0.15, -0.1) is 0 Å². The standard InChI is InChI=1S/C21H26FN3O4/c1-27-12-10-21(20-23-19(29-24-20)15-3-4-15)9-2-11-25(14-21)18(26)13-28-17-7-5-16(22)6-8-17/h5-8,15H,2-4,9-14H2,1H3. The molecule has 2 fully saturated rings. The third-order valence-corrected chi connectivity index (χ3v) is 5.73. The summed E-state index contributed by atoms with van der Waals surface area (Å²) in [5.41, 5.74) is -0.379. The summed E-state index contributed by atoms with van der Waals surface area (Å²) in [7, 11) is 1.67. The molecule has 1 atom stereocenters. The van der Waals surface area contributed by atoms with Gasteiger partial charge in [-0.05, 0) is 56.4 Å². The van der Waals surface area contributed by atoms with Crippen molar-refractivity contribution in [3.05, 3.63) is 41.8 Å². The van der Waals surface area contributed by atoms with E-state index < -0.39 is 0 Å². The van der Waals surface area contributed by atoms with E-state index >= 15 is 0 Å². The molecule has 4 rings (SSSR count). The number of piperidine rings is 1. The number of hydrogen-bond acceptors (Lipinski definition) is 6. The minimum atomic E-state index is -0.379. The van der Waals surface area contributed by atoms with Crippen molar-refractivity contribution in [1.82, 2.24) is 15.0 Å². The highest BCUT2D eigenvalue weighted by molar-refractivity contribution is 5.78. The molecule has 7 nitrogen and oxygen atoms in total. The minimum absolute atomic E-state index is 0.0917. The van der Waals surface area contributed by atoms with Crippen LogP contribution in [0.5, 0.6) is 5.75 Å². The SMILES string of the molecule is COCCC1(c2noc(C3CC3)n2)CCCN(C(=O)COc2ccc(F)cc2)C1. The summed E-state index contributed by atoms with van der Waals surface area (Å²) < 4.78 is 29.4. The van der Waals surface area contributed by atoms with E-state index in [1.54, 1.807) is 12.0 Å². The van der Waals surface area contributed by atoms with E-state index in [-0.39, 0.29) is 23.7 Å². The van der Waals surface area contributed by atoms with Gasteiger partial charge in [-0.2, -0.15) is 4.98 Å². The molecule has 1 aromatic heterocycles. The van der Waals surface area contributed by atoms with Gasteiger partial charge >= 0.3 is 0 Å². The Kier molecular flexibility index (Phi) is 5.80. The molecule has 2 heterocycles. The second kappa shape index (κ2) is 8.49. The summed E-state index contributed by atoms with van der Waals surface area (Å²) in [6, 6.07) is 5.65. The molecule has 29 heavy (non-hydrogen) atoms. The van der Waals surface area contributed by atoms with Gasteiger partial charge in [0.05, 0.1) is 5.41 Å². The zero-order valence-electron chi connectivity index (χ0n) is 16.6. The van der Waals surface area contributed by atoms with Crippen molar-refractivity contribution in [2.75, 3.05) is 33.4 Å². The maximum absolute atomic E-state index is 13.0. The number of halogens is 1. The number of carbonyl (C=O) groups is 1. The fourth-order valence-corrected chi connectivity index (χ4v) is 3.85. The van der Waals surface area contributed by atoms with Crippen LogP contribution in [0, 0.1) is 5.82 Å². The maximum atomic E-state index is 13.0. The number of benzene rings is 1. The number of carbonyl (C=O) groups excluding carboxylic acids is 1. The van der Waals surface area contributed by atoms with Crippen molar-refractivity contribution in [3.8, 4) is 5.75 Å². The first-order chi connectivity index (χ1) is 14.1. The molecule has 2 aromatic rings. The van der Waals surface area contributed by atoms with Crippen LogP contribution in [0.2, 0.25) is 0 Å². The van der Waals surface area contributed by atoms with Crippen LogP contribution in [0.1, 0.15) is 49.7 Å². The molecular weight excluding hydrogens is 377 g/mol. The minimum Gasteiger partial charge on any atom is -0.484 e. The number of hydrogen-bond donors (Lipinski definition) is 0. The summed E-state index contributed by atoms with van der Waals surface area (Å²) in [4.78, 5) is 19.3. The number of methoxy groups -OCH3 is 1. The second-order valence-electron chi connectivity index (χ2n) is 7.92. The van der Waals surface area contributed by atoms with Gasteiger partial charge in [0, 0.05) is 32.7 Å². The summed E-state index contributed by atoms with van der Waals surface area (Å²) in [5.74, 6) is 1.79. The van der Waals surface area contributed by atoms with Gasteiger partial charge in [0.1, 0.15) is 11.6 Å². The van der Waals surface area contributed by atoms with Crippen molar-refractivity contribution >= 4 is 5.91 Å². The fourth-order valence-electron chi connectivity index (χ4n) is 3.85. The number of amides is 1. The molecule has 1 aliphatic carbocycles. The molecule has 1 saturated carbocycles. The molecule has 0 radical (unpaired) electrons. The first kappa shape index (κ1) is 19.8. The van der Waals surface area contributed by atoms with Crippen LogP contribution in [-0.2, 0) is 14.9 Å². The predicted molar refractivity (Wildman–Crippen MR) is 102 cm³/mol. The molecule has 156 valence electrons. The predicted octanol–water partition coefficient (Wildman–Crippen LogP) is 3.06. The van der Waals surface area contributed by atoms with Crippen LogP contribution in [0.4, 0.5) is 4.39 Å². The lowest BCUT2D eigenvalue weighted by Crippen LogP contribution is -2.50. The van der Waals surface area contributed by atoms with E-state index in [1.807, 2.05) is 0 Å². The lowest BCUT2D eigenvalue weighted by Gasteiger charge is -2.40. The Morgan fingerprint density at radius 1 is 1.34 bits per heavy atom. The number of ether oxygens (including phenoxy) is 2. The Balaban J connectivity index is 1.45. The molecule has 2 aliphatic rings. The van der Waals surface area contributed by atoms with Gasteiger partial charge in [-0.25, -0.2) is 4.39 Å². The molecule has 0 spiro atoms. The lowest BCUT2D eigenvalue weighted by atomic mass is 9.76. The Bertz CT molecular complexity index is 837. The van der Waals surface area contributed by atoms with Crippen LogP contribution in [0.25, 0.3) is 0 Å². The summed E-state index contributed by atoms with van der Waals surface area (Å²) in [5, 5.41) is 4.28. The Morgan fingerprint density at radius 3 is 2.86 bits per heavy atom. The molecule has 1 unspecified atom stereocenters. The van der Waals surface area contributed by atoms with E-state index in [0.717, 1.165) is 32.1 Å². The number of aromatic nitrogens is 2. The molecule has 1 amide bonds. The monoisotopic (exact) mass is 403 g/mol. The second-order valence-corrected chi connectivity index (χ2v) is 7.92. The largest absolute Gasteiger partial charge is 0.484 e. The van der Waals surface area contributed by atoms with Crippen LogP contribution in [-0.4, -0.2) is 54.4 Å². The Labute approximate surface area is 169 Å². The topological polar surface area (TPSA) is 77.7 Å². The van der Waals surface area contributed by atoms with E-state index in [2.05, 4.69) is 10.1 Å². The van der Waals surface area contributed by atoms with Crippen LogP contribution < -0.4 is 4.74 Å². The van der Waals surface area contributed by atoms with E-state index in [0.29, 0.717) is 43.1 Å².